The maximum atomic E-state index is 10.4. The number of aldehydes is 1. The van der Waals surface area contributed by atoms with Crippen LogP contribution in [0.1, 0.15) is 12.8 Å². The highest BCUT2D eigenvalue weighted by Gasteiger charge is 2.19. The van der Waals surface area contributed by atoms with E-state index in [4.69, 9.17) is 5.41 Å². The predicted molar refractivity (Wildman–Crippen MR) is 51.6 cm³/mol. The van der Waals surface area contributed by atoms with E-state index in [9.17, 15) is 4.79 Å². The molecule has 12 heavy (non-hydrogen) atoms. The van der Waals surface area contributed by atoms with E-state index in [0.717, 1.165) is 32.2 Å². The van der Waals surface area contributed by atoms with Crippen LogP contribution in [0.5, 0.6) is 0 Å². The summed E-state index contributed by atoms with van der Waals surface area (Å²) in [6.07, 6.45) is 4.77. The minimum atomic E-state index is 0.232. The summed E-state index contributed by atoms with van der Waals surface area (Å²) in [5, 5.41) is 8.18. The van der Waals surface area contributed by atoms with Crippen molar-refractivity contribution in [2.75, 3.05) is 19.3 Å². The third kappa shape index (κ3) is 2.24. The zero-order valence-electron chi connectivity index (χ0n) is 7.25. The summed E-state index contributed by atoms with van der Waals surface area (Å²) in [5.74, 6) is 0.232. The molecule has 1 saturated heterocycles. The van der Waals surface area contributed by atoms with Gasteiger partial charge in [0.25, 0.3) is 0 Å². The lowest BCUT2D eigenvalue weighted by Gasteiger charge is -2.30. The molecule has 0 spiro atoms. The van der Waals surface area contributed by atoms with Crippen LogP contribution in [0.25, 0.3) is 0 Å². The first kappa shape index (κ1) is 9.58. The second-order valence-electron chi connectivity index (χ2n) is 2.97. The SMILES string of the molecule is CSC(=N)N1CCC(C=O)CC1. The van der Waals surface area contributed by atoms with Crippen LogP contribution in [0, 0.1) is 11.3 Å². The van der Waals surface area contributed by atoms with Crippen molar-refractivity contribution in [3.05, 3.63) is 0 Å². The second-order valence-corrected chi connectivity index (χ2v) is 3.76. The highest BCUT2D eigenvalue weighted by Crippen LogP contribution is 2.17. The fourth-order valence-electron chi connectivity index (χ4n) is 1.37. The van der Waals surface area contributed by atoms with Gasteiger partial charge in [-0.2, -0.15) is 0 Å². The third-order valence-corrected chi connectivity index (χ3v) is 2.86. The molecule has 0 bridgehead atoms. The number of carbonyl (C=O) groups is 1. The number of hydrogen-bond donors (Lipinski definition) is 1. The Morgan fingerprint density at radius 2 is 2.17 bits per heavy atom. The molecule has 68 valence electrons. The number of amidine groups is 1. The van der Waals surface area contributed by atoms with Crippen molar-refractivity contribution in [2.45, 2.75) is 12.8 Å². The van der Waals surface area contributed by atoms with Crippen LogP contribution in [0.3, 0.4) is 0 Å². The Balaban J connectivity index is 2.35. The molecule has 1 fully saturated rings. The fourth-order valence-corrected chi connectivity index (χ4v) is 1.81. The molecule has 1 aliphatic rings. The van der Waals surface area contributed by atoms with Crippen molar-refractivity contribution in [2.24, 2.45) is 5.92 Å². The first-order valence-corrected chi connectivity index (χ1v) is 5.33. The molecule has 0 atom stereocenters. The summed E-state index contributed by atoms with van der Waals surface area (Å²) in [6.45, 7) is 1.73. The van der Waals surface area contributed by atoms with Gasteiger partial charge in [0.15, 0.2) is 5.17 Å². The molecule has 0 aromatic heterocycles. The van der Waals surface area contributed by atoms with Crippen LogP contribution < -0.4 is 0 Å². The maximum Gasteiger partial charge on any atom is 0.156 e. The normalized spacial score (nSPS) is 19.2. The van der Waals surface area contributed by atoms with Gasteiger partial charge in [-0.15, -0.1) is 0 Å². The summed E-state index contributed by atoms with van der Waals surface area (Å²) >= 11 is 1.46. The van der Waals surface area contributed by atoms with E-state index in [-0.39, 0.29) is 5.92 Å². The standard InChI is InChI=1S/C8H14N2OS/c1-12-8(9)10-4-2-7(6-11)3-5-10/h6-7,9H,2-5H2,1H3. The van der Waals surface area contributed by atoms with Gasteiger partial charge in [0.2, 0.25) is 0 Å². The molecule has 1 aliphatic heterocycles. The van der Waals surface area contributed by atoms with Crippen molar-refractivity contribution in [1.82, 2.24) is 4.90 Å². The topological polar surface area (TPSA) is 44.2 Å². The van der Waals surface area contributed by atoms with E-state index in [1.807, 2.05) is 11.2 Å². The molecule has 0 unspecified atom stereocenters. The highest BCUT2D eigenvalue weighted by atomic mass is 32.2. The predicted octanol–water partition coefficient (Wildman–Crippen LogP) is 1.20. The monoisotopic (exact) mass is 186 g/mol. The Labute approximate surface area is 77.0 Å². The number of nitrogens with one attached hydrogen (secondary N) is 1. The van der Waals surface area contributed by atoms with E-state index in [0.29, 0.717) is 5.17 Å². The Morgan fingerprint density at radius 3 is 2.58 bits per heavy atom. The summed E-state index contributed by atoms with van der Waals surface area (Å²) in [4.78, 5) is 12.5. The highest BCUT2D eigenvalue weighted by molar-refractivity contribution is 8.13. The van der Waals surface area contributed by atoms with Gasteiger partial charge in [-0.1, -0.05) is 11.8 Å². The van der Waals surface area contributed by atoms with Crippen LogP contribution in [0.15, 0.2) is 0 Å². The van der Waals surface area contributed by atoms with Gasteiger partial charge in [-0.3, -0.25) is 5.41 Å². The molecule has 0 amide bonds. The summed E-state index contributed by atoms with van der Waals surface area (Å²) in [7, 11) is 0. The number of rotatable bonds is 1. The van der Waals surface area contributed by atoms with Crippen molar-refractivity contribution < 1.29 is 4.79 Å². The number of nitrogens with zero attached hydrogens (tertiary/aromatic N) is 1. The molecular weight excluding hydrogens is 172 g/mol. The fraction of sp³-hybridized carbons (Fsp3) is 0.750. The van der Waals surface area contributed by atoms with Crippen molar-refractivity contribution in [1.29, 1.82) is 5.41 Å². The van der Waals surface area contributed by atoms with Crippen molar-refractivity contribution in [3.8, 4) is 0 Å². The lowest BCUT2D eigenvalue weighted by atomic mass is 9.99. The molecule has 1 N–H and O–H groups in total. The summed E-state index contributed by atoms with van der Waals surface area (Å²) in [5.41, 5.74) is 0. The number of likely N-dealkylation sites (tertiary alicyclic amines) is 1. The number of piperidine rings is 1. The molecule has 0 aliphatic carbocycles. The molecule has 3 nitrogen and oxygen atoms in total. The first-order chi connectivity index (χ1) is 5.77. The van der Waals surface area contributed by atoms with Gasteiger partial charge >= 0.3 is 0 Å². The molecular formula is C8H14N2OS. The van der Waals surface area contributed by atoms with Gasteiger partial charge in [-0.25, -0.2) is 0 Å². The number of thioether (sulfide) groups is 1. The largest absolute Gasteiger partial charge is 0.352 e. The Bertz CT molecular complexity index is 176. The number of hydrogen-bond acceptors (Lipinski definition) is 3. The van der Waals surface area contributed by atoms with Crippen molar-refractivity contribution in [3.63, 3.8) is 0 Å². The van der Waals surface area contributed by atoms with E-state index >= 15 is 0 Å². The zero-order valence-corrected chi connectivity index (χ0v) is 8.06. The van der Waals surface area contributed by atoms with Gasteiger partial charge in [0.1, 0.15) is 6.29 Å². The van der Waals surface area contributed by atoms with Crippen LogP contribution in [-0.4, -0.2) is 35.7 Å². The quantitative estimate of drug-likeness (QED) is 0.380. The van der Waals surface area contributed by atoms with Gasteiger partial charge in [0.05, 0.1) is 0 Å². The lowest BCUT2D eigenvalue weighted by molar-refractivity contribution is -0.112. The molecule has 0 aromatic carbocycles. The van der Waals surface area contributed by atoms with Crippen LogP contribution in [0.4, 0.5) is 0 Å². The lowest BCUT2D eigenvalue weighted by Crippen LogP contribution is -2.36. The minimum Gasteiger partial charge on any atom is -0.352 e. The van der Waals surface area contributed by atoms with Crippen LogP contribution in [0.2, 0.25) is 0 Å². The van der Waals surface area contributed by atoms with Gasteiger partial charge in [-0.05, 0) is 19.1 Å². The zero-order chi connectivity index (χ0) is 8.97. The molecule has 0 aromatic rings. The Hall–Kier alpha value is -0.510. The Kier molecular flexibility index (Phi) is 3.59. The Morgan fingerprint density at radius 1 is 1.58 bits per heavy atom. The average molecular weight is 186 g/mol. The first-order valence-electron chi connectivity index (χ1n) is 4.10. The second kappa shape index (κ2) is 4.50. The van der Waals surface area contributed by atoms with E-state index in [1.54, 1.807) is 0 Å². The molecule has 1 rings (SSSR count). The van der Waals surface area contributed by atoms with E-state index < -0.39 is 0 Å². The van der Waals surface area contributed by atoms with E-state index in [2.05, 4.69) is 0 Å². The molecule has 0 radical (unpaired) electrons. The van der Waals surface area contributed by atoms with Gasteiger partial charge in [0, 0.05) is 19.0 Å². The van der Waals surface area contributed by atoms with Crippen LogP contribution in [-0.2, 0) is 4.79 Å². The molecule has 4 heteroatoms. The van der Waals surface area contributed by atoms with Crippen molar-refractivity contribution >= 4 is 23.2 Å². The minimum absolute atomic E-state index is 0.232. The van der Waals surface area contributed by atoms with Crippen LogP contribution >= 0.6 is 11.8 Å². The molecule has 1 heterocycles. The summed E-state index contributed by atoms with van der Waals surface area (Å²) < 4.78 is 0. The average Bonchev–Trinajstić information content (AvgIpc) is 2.17. The van der Waals surface area contributed by atoms with Gasteiger partial charge < -0.3 is 9.69 Å². The maximum absolute atomic E-state index is 10.4. The molecule has 0 saturated carbocycles. The third-order valence-electron chi connectivity index (χ3n) is 2.21. The smallest absolute Gasteiger partial charge is 0.156 e. The van der Waals surface area contributed by atoms with E-state index in [1.165, 1.54) is 11.8 Å². The summed E-state index contributed by atoms with van der Waals surface area (Å²) in [6, 6.07) is 0. The number of carbonyl (C=O) groups excluding carboxylic acids is 1.